The van der Waals surface area contributed by atoms with Gasteiger partial charge in [-0.2, -0.15) is 0 Å². The molecule has 1 N–H and O–H groups in total. The molecule has 1 unspecified atom stereocenters. The fraction of sp³-hybridized carbons (Fsp3) is 0.304. The number of halogens is 1. The number of hydrogen-bond acceptors (Lipinski definition) is 3. The normalized spacial score (nSPS) is 20.1. The third-order valence-corrected chi connectivity index (χ3v) is 5.24. The zero-order valence-corrected chi connectivity index (χ0v) is 15.4. The van der Waals surface area contributed by atoms with Crippen LogP contribution in [0.3, 0.4) is 0 Å². The van der Waals surface area contributed by atoms with Crippen LogP contribution in [0.2, 0.25) is 0 Å². The number of ether oxygens (including phenoxy) is 1. The highest BCUT2D eigenvalue weighted by Gasteiger charge is 2.25. The topological polar surface area (TPSA) is 32.7 Å². The van der Waals surface area contributed by atoms with Crippen LogP contribution in [0.1, 0.15) is 29.7 Å². The average molecular weight is 365 g/mol. The highest BCUT2D eigenvalue weighted by molar-refractivity contribution is 5.72. The van der Waals surface area contributed by atoms with Crippen LogP contribution in [0.4, 0.5) is 4.39 Å². The largest absolute Gasteiger partial charge is 0.508 e. The van der Waals surface area contributed by atoms with E-state index in [4.69, 9.17) is 4.74 Å². The first-order valence-electron chi connectivity index (χ1n) is 9.35. The van der Waals surface area contributed by atoms with Gasteiger partial charge in [0.05, 0.1) is 6.67 Å². The van der Waals surface area contributed by atoms with Crippen molar-refractivity contribution in [3.63, 3.8) is 0 Å². The predicted molar refractivity (Wildman–Crippen MR) is 107 cm³/mol. The summed E-state index contributed by atoms with van der Waals surface area (Å²) in [7, 11) is 0. The fourth-order valence-electron chi connectivity index (χ4n) is 3.64. The fourth-order valence-corrected chi connectivity index (χ4v) is 3.64. The maximum atomic E-state index is 12.4. The molecule has 0 aromatic heterocycles. The summed E-state index contributed by atoms with van der Waals surface area (Å²) in [5, 5.41) is 9.71. The Balaban J connectivity index is 1.40. The van der Waals surface area contributed by atoms with Crippen LogP contribution in [0, 0.1) is 5.92 Å². The second-order valence-corrected chi connectivity index (χ2v) is 7.38. The molecule has 0 bridgehead atoms. The summed E-state index contributed by atoms with van der Waals surface area (Å²) >= 11 is 0. The van der Waals surface area contributed by atoms with Gasteiger partial charge in [-0.1, -0.05) is 36.4 Å². The van der Waals surface area contributed by atoms with Crippen LogP contribution in [0.15, 0.2) is 54.6 Å². The van der Waals surface area contributed by atoms with Crippen molar-refractivity contribution >= 4 is 11.6 Å². The number of likely N-dealkylation sites (tertiary alicyclic amines) is 1. The lowest BCUT2D eigenvalue weighted by Gasteiger charge is -2.36. The quantitative estimate of drug-likeness (QED) is 0.823. The Morgan fingerprint density at radius 2 is 1.96 bits per heavy atom. The molecule has 2 aliphatic rings. The van der Waals surface area contributed by atoms with Crippen molar-refractivity contribution in [1.29, 1.82) is 0 Å². The number of nitrogens with zero attached hydrogens (tertiary/aromatic N) is 1. The maximum absolute atomic E-state index is 12.4. The van der Waals surface area contributed by atoms with E-state index in [1.54, 1.807) is 12.1 Å². The first-order chi connectivity index (χ1) is 13.1. The third-order valence-electron chi connectivity index (χ3n) is 5.24. The van der Waals surface area contributed by atoms with Gasteiger partial charge in [0, 0.05) is 37.2 Å². The molecule has 0 amide bonds. The molecule has 2 aliphatic heterocycles. The minimum absolute atomic E-state index is 0.156. The van der Waals surface area contributed by atoms with Crippen LogP contribution in [0.25, 0.3) is 11.6 Å². The Labute approximate surface area is 159 Å². The Kier molecular flexibility index (Phi) is 4.99. The third kappa shape index (κ3) is 3.91. The summed E-state index contributed by atoms with van der Waals surface area (Å²) in [6.45, 7) is 4.45. The van der Waals surface area contributed by atoms with Gasteiger partial charge >= 0.3 is 0 Å². The Morgan fingerprint density at radius 1 is 1.19 bits per heavy atom. The Hall–Kier alpha value is -2.59. The van der Waals surface area contributed by atoms with E-state index in [1.807, 2.05) is 6.07 Å². The summed E-state index contributed by atoms with van der Waals surface area (Å²) in [6.07, 6.45) is 6.18. The molecular weight excluding hydrogens is 341 g/mol. The molecule has 2 heterocycles. The predicted octanol–water partition coefficient (Wildman–Crippen LogP) is 4.84. The van der Waals surface area contributed by atoms with Crippen LogP contribution in [-0.2, 0) is 0 Å². The van der Waals surface area contributed by atoms with Gasteiger partial charge in [-0.3, -0.25) is 9.29 Å². The van der Waals surface area contributed by atoms with Crippen molar-refractivity contribution in [1.82, 2.24) is 4.90 Å². The van der Waals surface area contributed by atoms with E-state index in [2.05, 4.69) is 54.3 Å². The van der Waals surface area contributed by atoms with Crippen molar-refractivity contribution in [2.45, 2.75) is 13.0 Å². The Bertz CT molecular complexity index is 866. The summed E-state index contributed by atoms with van der Waals surface area (Å²) in [5.41, 5.74) is 4.38. The zero-order valence-electron chi connectivity index (χ0n) is 15.4. The number of phenols is 1. The van der Waals surface area contributed by atoms with Gasteiger partial charge in [0.1, 0.15) is 17.6 Å². The standard InChI is InChI=1S/C23H24FNO2/c1-16-11-22(27-23-12-20(26)8-9-21(16)23)19-6-4-17(5-7-19)3-2-10-25-14-18(13-24)15-25/h2-9,11-12,18,22,26H,10,13-15H2,1H3/b3-2+. The summed E-state index contributed by atoms with van der Waals surface area (Å²) in [4.78, 5) is 2.24. The summed E-state index contributed by atoms with van der Waals surface area (Å²) < 4.78 is 18.5. The molecular formula is C23H24FNO2. The van der Waals surface area contributed by atoms with Gasteiger partial charge in [0.2, 0.25) is 0 Å². The number of allylic oxidation sites excluding steroid dienone is 1. The molecule has 4 heteroatoms. The minimum Gasteiger partial charge on any atom is -0.508 e. The van der Waals surface area contributed by atoms with Crippen LogP contribution in [-0.4, -0.2) is 36.3 Å². The summed E-state index contributed by atoms with van der Waals surface area (Å²) in [5.74, 6) is 1.16. The zero-order chi connectivity index (χ0) is 18.8. The maximum Gasteiger partial charge on any atom is 0.143 e. The molecule has 1 fully saturated rings. The van der Waals surface area contributed by atoms with Crippen molar-refractivity contribution in [2.75, 3.05) is 26.3 Å². The number of aromatic hydroxyl groups is 1. The van der Waals surface area contributed by atoms with Crippen LogP contribution in [0.5, 0.6) is 11.5 Å². The molecule has 0 spiro atoms. The van der Waals surface area contributed by atoms with Crippen molar-refractivity contribution < 1.29 is 14.2 Å². The van der Waals surface area contributed by atoms with Crippen LogP contribution >= 0.6 is 0 Å². The smallest absolute Gasteiger partial charge is 0.143 e. The van der Waals surface area contributed by atoms with Gasteiger partial charge in [-0.15, -0.1) is 0 Å². The van der Waals surface area contributed by atoms with E-state index in [-0.39, 0.29) is 24.4 Å². The van der Waals surface area contributed by atoms with Gasteiger partial charge in [-0.25, -0.2) is 0 Å². The molecule has 0 saturated carbocycles. The molecule has 2 aromatic rings. The second kappa shape index (κ2) is 7.57. The SMILES string of the molecule is CC1=CC(c2ccc(/C=C/CN3CC(CF)C3)cc2)Oc2cc(O)ccc21. The first-order valence-corrected chi connectivity index (χ1v) is 9.35. The Morgan fingerprint density at radius 3 is 2.70 bits per heavy atom. The lowest BCUT2D eigenvalue weighted by atomic mass is 9.97. The van der Waals surface area contributed by atoms with E-state index in [0.717, 1.165) is 41.9 Å². The lowest BCUT2D eigenvalue weighted by Crippen LogP contribution is -2.47. The van der Waals surface area contributed by atoms with E-state index >= 15 is 0 Å². The van der Waals surface area contributed by atoms with Gasteiger partial charge in [0.25, 0.3) is 0 Å². The molecule has 0 aliphatic carbocycles. The first kappa shape index (κ1) is 17.8. The number of alkyl halides is 1. The van der Waals surface area contributed by atoms with Crippen molar-refractivity contribution in [2.24, 2.45) is 5.92 Å². The molecule has 140 valence electrons. The minimum atomic E-state index is -0.205. The van der Waals surface area contributed by atoms with Gasteiger partial charge < -0.3 is 9.84 Å². The van der Waals surface area contributed by atoms with Crippen molar-refractivity contribution in [3.8, 4) is 11.5 Å². The number of rotatable bonds is 5. The molecule has 4 rings (SSSR count). The number of hydrogen-bond donors (Lipinski definition) is 1. The molecule has 0 radical (unpaired) electrons. The van der Waals surface area contributed by atoms with Crippen molar-refractivity contribution in [3.05, 3.63) is 71.3 Å². The highest BCUT2D eigenvalue weighted by atomic mass is 19.1. The van der Waals surface area contributed by atoms with Gasteiger partial charge in [-0.05, 0) is 41.8 Å². The lowest BCUT2D eigenvalue weighted by molar-refractivity contribution is 0.0940. The highest BCUT2D eigenvalue weighted by Crippen LogP contribution is 2.38. The van der Waals surface area contributed by atoms with E-state index in [1.165, 1.54) is 0 Å². The monoisotopic (exact) mass is 365 g/mol. The molecule has 3 nitrogen and oxygen atoms in total. The molecule has 2 aromatic carbocycles. The van der Waals surface area contributed by atoms with E-state index in [9.17, 15) is 9.50 Å². The molecule has 1 atom stereocenters. The van der Waals surface area contributed by atoms with E-state index in [0.29, 0.717) is 5.75 Å². The second-order valence-electron chi connectivity index (χ2n) is 7.38. The molecule has 1 saturated heterocycles. The average Bonchev–Trinajstić information content (AvgIpc) is 2.63. The van der Waals surface area contributed by atoms with Gasteiger partial charge in [0.15, 0.2) is 0 Å². The van der Waals surface area contributed by atoms with E-state index < -0.39 is 0 Å². The van der Waals surface area contributed by atoms with Crippen LogP contribution < -0.4 is 4.74 Å². The number of fused-ring (bicyclic) bond motifs is 1. The molecule has 27 heavy (non-hydrogen) atoms. The summed E-state index contributed by atoms with van der Waals surface area (Å²) in [6, 6.07) is 13.5. The number of benzene rings is 2. The number of phenolic OH excluding ortho intramolecular Hbond substituents is 1.